The van der Waals surface area contributed by atoms with Crippen LogP contribution >= 0.6 is 23.1 Å². The molecule has 0 radical (unpaired) electrons. The molecule has 47 heavy (non-hydrogen) atoms. The molecule has 0 aliphatic carbocycles. The Labute approximate surface area is 272 Å². The standard InChI is InChI=1S/C32H24F3N3O7S2/c1-2-44-30(42)17-6-10-20(11-7-17)38-28(40)24-23(25-27(37-31(43)47-25)46-26(24)29(38)41)16-8-12-21(13-9-16)45-15-22(39)36-19-5-3-4-18(14-19)32(33,34)35/h3-14,23-24,26H,2,15H2,1H3,(H,36,39)(H,37,43)/t23-,24-,26+/m0/s1. The normalized spacial score (nSPS) is 18.8. The molecule has 1 fully saturated rings. The van der Waals surface area contributed by atoms with Crippen LogP contribution in [0.3, 0.4) is 0 Å². The first kappa shape index (κ1) is 32.1. The number of hydrogen-bond acceptors (Lipinski definition) is 9. The molecule has 0 saturated carbocycles. The molecule has 1 saturated heterocycles. The number of aromatic nitrogens is 1. The molecule has 2 aliphatic rings. The van der Waals surface area contributed by atoms with Gasteiger partial charge in [0.2, 0.25) is 11.8 Å². The van der Waals surface area contributed by atoms with Gasteiger partial charge in [-0.1, -0.05) is 41.3 Å². The summed E-state index contributed by atoms with van der Waals surface area (Å²) in [6, 6.07) is 16.7. The zero-order valence-corrected chi connectivity index (χ0v) is 26.0. The maximum absolute atomic E-state index is 13.9. The Morgan fingerprint density at radius 1 is 0.979 bits per heavy atom. The summed E-state index contributed by atoms with van der Waals surface area (Å²) in [4.78, 5) is 68.5. The summed E-state index contributed by atoms with van der Waals surface area (Å²) in [5.41, 5.74) is 0.261. The number of anilines is 2. The van der Waals surface area contributed by atoms with E-state index in [4.69, 9.17) is 9.47 Å². The first-order valence-electron chi connectivity index (χ1n) is 14.2. The molecular weight excluding hydrogens is 659 g/mol. The summed E-state index contributed by atoms with van der Waals surface area (Å²) in [5.74, 6) is -3.34. The fraction of sp³-hybridized carbons (Fsp3) is 0.219. The quantitative estimate of drug-likeness (QED) is 0.185. The number of ether oxygens (including phenoxy) is 2. The second-order valence-electron chi connectivity index (χ2n) is 10.5. The third-order valence-corrected chi connectivity index (χ3v) is 9.94. The van der Waals surface area contributed by atoms with Crippen molar-refractivity contribution in [1.82, 2.24) is 4.98 Å². The number of alkyl halides is 3. The van der Waals surface area contributed by atoms with E-state index in [2.05, 4.69) is 10.3 Å². The lowest BCUT2D eigenvalue weighted by atomic mass is 9.83. The van der Waals surface area contributed by atoms with E-state index in [0.717, 1.165) is 40.1 Å². The van der Waals surface area contributed by atoms with Crippen LogP contribution < -0.4 is 19.8 Å². The molecule has 3 atom stereocenters. The maximum Gasteiger partial charge on any atom is 0.416 e. The first-order valence-corrected chi connectivity index (χ1v) is 15.9. The molecule has 2 N–H and O–H groups in total. The Morgan fingerprint density at radius 2 is 1.70 bits per heavy atom. The fourth-order valence-corrected chi connectivity index (χ4v) is 8.00. The molecule has 6 rings (SSSR count). The van der Waals surface area contributed by atoms with Gasteiger partial charge in [-0.05, 0) is 67.1 Å². The highest BCUT2D eigenvalue weighted by Gasteiger charge is 2.56. The third kappa shape index (κ3) is 6.40. The number of benzene rings is 3. The van der Waals surface area contributed by atoms with Gasteiger partial charge >= 0.3 is 17.0 Å². The van der Waals surface area contributed by atoms with Crippen molar-refractivity contribution in [3.05, 3.63) is 104 Å². The predicted octanol–water partition coefficient (Wildman–Crippen LogP) is 5.45. The highest BCUT2D eigenvalue weighted by molar-refractivity contribution is 8.00. The van der Waals surface area contributed by atoms with E-state index < -0.39 is 59.1 Å². The molecule has 3 heterocycles. The molecule has 1 aromatic heterocycles. The fourth-order valence-electron chi connectivity index (χ4n) is 5.48. The van der Waals surface area contributed by atoms with E-state index in [0.29, 0.717) is 21.2 Å². The van der Waals surface area contributed by atoms with Gasteiger partial charge in [0, 0.05) is 16.5 Å². The SMILES string of the molecule is CCOC(=O)c1ccc(N2C(=O)[C@H]3[C@H](c4ccc(OCC(=O)Nc5cccc(C(F)(F)F)c5)cc4)c4sc(=O)[nH]c4S[C@H]3C2=O)cc1. The summed E-state index contributed by atoms with van der Waals surface area (Å²) < 4.78 is 49.5. The lowest BCUT2D eigenvalue weighted by Crippen LogP contribution is -2.32. The van der Waals surface area contributed by atoms with Crippen LogP contribution in [0.5, 0.6) is 5.75 Å². The van der Waals surface area contributed by atoms with E-state index in [1.165, 1.54) is 36.4 Å². The molecule has 3 aromatic carbocycles. The number of H-pyrrole nitrogens is 1. The van der Waals surface area contributed by atoms with Crippen molar-refractivity contribution >= 4 is 58.2 Å². The first-order chi connectivity index (χ1) is 22.4. The number of rotatable bonds is 8. The Balaban J connectivity index is 1.20. The summed E-state index contributed by atoms with van der Waals surface area (Å²) in [7, 11) is 0. The van der Waals surface area contributed by atoms with Crippen LogP contribution in [0.1, 0.15) is 39.2 Å². The number of hydrogen-bond donors (Lipinski definition) is 2. The van der Waals surface area contributed by atoms with Gasteiger partial charge in [0.1, 0.15) is 11.0 Å². The number of nitrogens with one attached hydrogen (secondary N) is 2. The lowest BCUT2D eigenvalue weighted by Gasteiger charge is -2.29. The number of halogens is 3. The molecule has 4 aromatic rings. The zero-order valence-electron chi connectivity index (χ0n) is 24.3. The maximum atomic E-state index is 13.9. The molecule has 0 bridgehead atoms. The van der Waals surface area contributed by atoms with Crippen molar-refractivity contribution in [2.75, 3.05) is 23.4 Å². The van der Waals surface area contributed by atoms with Gasteiger partial charge in [0.15, 0.2) is 6.61 Å². The second kappa shape index (κ2) is 12.7. The number of fused-ring (bicyclic) bond motifs is 2. The van der Waals surface area contributed by atoms with E-state index in [-0.39, 0.29) is 28.5 Å². The monoisotopic (exact) mass is 683 g/mol. The molecule has 0 spiro atoms. The number of thiazole rings is 1. The highest BCUT2D eigenvalue weighted by atomic mass is 32.2. The summed E-state index contributed by atoms with van der Waals surface area (Å²) in [6.45, 7) is 1.40. The Bertz CT molecular complexity index is 1920. The van der Waals surface area contributed by atoms with E-state index in [9.17, 15) is 37.1 Å². The molecule has 2 aliphatic heterocycles. The van der Waals surface area contributed by atoms with E-state index >= 15 is 0 Å². The molecule has 0 unspecified atom stereocenters. The number of amides is 3. The van der Waals surface area contributed by atoms with Crippen LogP contribution in [0.2, 0.25) is 0 Å². The van der Waals surface area contributed by atoms with Crippen molar-refractivity contribution in [3.8, 4) is 5.75 Å². The van der Waals surface area contributed by atoms with Gasteiger partial charge in [0.05, 0.1) is 34.4 Å². The van der Waals surface area contributed by atoms with Crippen LogP contribution in [0.15, 0.2) is 82.6 Å². The topological polar surface area (TPSA) is 135 Å². The summed E-state index contributed by atoms with van der Waals surface area (Å²) in [5, 5.41) is 2.04. The van der Waals surface area contributed by atoms with Crippen molar-refractivity contribution in [2.24, 2.45) is 5.92 Å². The van der Waals surface area contributed by atoms with Crippen LogP contribution in [-0.4, -0.2) is 47.1 Å². The third-order valence-electron chi connectivity index (χ3n) is 7.54. The summed E-state index contributed by atoms with van der Waals surface area (Å²) in [6.07, 6.45) is -4.56. The zero-order chi connectivity index (χ0) is 33.5. The van der Waals surface area contributed by atoms with Gasteiger partial charge in [0.25, 0.3) is 5.91 Å². The molecule has 3 amide bonds. The number of nitrogens with zero attached hydrogens (tertiary/aromatic N) is 1. The summed E-state index contributed by atoms with van der Waals surface area (Å²) >= 11 is 2.08. The number of carbonyl (C=O) groups excluding carboxylic acids is 4. The number of aromatic amines is 1. The second-order valence-corrected chi connectivity index (χ2v) is 12.7. The minimum atomic E-state index is -4.56. The van der Waals surface area contributed by atoms with E-state index in [1.807, 2.05) is 0 Å². The van der Waals surface area contributed by atoms with Crippen LogP contribution in [0.25, 0.3) is 0 Å². The average Bonchev–Trinajstić information content (AvgIpc) is 3.54. The van der Waals surface area contributed by atoms with Gasteiger partial charge in [-0.15, -0.1) is 0 Å². The molecular formula is C32H24F3N3O7S2. The number of imide groups is 1. The van der Waals surface area contributed by atoms with Gasteiger partial charge in [-0.25, -0.2) is 9.69 Å². The van der Waals surface area contributed by atoms with Crippen LogP contribution in [0.4, 0.5) is 24.5 Å². The smallest absolute Gasteiger partial charge is 0.416 e. The Morgan fingerprint density at radius 3 is 2.38 bits per heavy atom. The molecule has 15 heteroatoms. The van der Waals surface area contributed by atoms with Crippen molar-refractivity contribution < 1.29 is 41.8 Å². The van der Waals surface area contributed by atoms with Crippen LogP contribution in [0, 0.1) is 5.92 Å². The Kier molecular flexibility index (Phi) is 8.68. The van der Waals surface area contributed by atoms with Crippen molar-refractivity contribution in [3.63, 3.8) is 0 Å². The number of thioether (sulfide) groups is 1. The van der Waals surface area contributed by atoms with Crippen LogP contribution in [-0.2, 0) is 25.3 Å². The van der Waals surface area contributed by atoms with Gasteiger partial charge in [-0.2, -0.15) is 13.2 Å². The van der Waals surface area contributed by atoms with Crippen molar-refractivity contribution in [2.45, 2.75) is 29.3 Å². The van der Waals surface area contributed by atoms with E-state index in [1.54, 1.807) is 31.2 Å². The largest absolute Gasteiger partial charge is 0.484 e. The highest BCUT2D eigenvalue weighted by Crippen LogP contribution is 2.53. The number of carbonyl (C=O) groups is 4. The molecule has 242 valence electrons. The average molecular weight is 684 g/mol. The van der Waals surface area contributed by atoms with Gasteiger partial charge in [-0.3, -0.25) is 19.2 Å². The minimum absolute atomic E-state index is 0.0328. The minimum Gasteiger partial charge on any atom is -0.484 e. The number of esters is 1. The molecule has 10 nitrogen and oxygen atoms in total. The predicted molar refractivity (Wildman–Crippen MR) is 167 cm³/mol. The van der Waals surface area contributed by atoms with Gasteiger partial charge < -0.3 is 19.8 Å². The Hall–Kier alpha value is -4.89. The lowest BCUT2D eigenvalue weighted by molar-refractivity contribution is -0.137. The van der Waals surface area contributed by atoms with Crippen molar-refractivity contribution in [1.29, 1.82) is 0 Å².